The monoisotopic (exact) mass is 262 g/mol. The summed E-state index contributed by atoms with van der Waals surface area (Å²) in [4.78, 5) is 9.21. The first-order valence-electron chi connectivity index (χ1n) is 7.43. The number of rotatable bonds is 7. The Bertz CT molecular complexity index is 438. The molecule has 1 aliphatic rings. The van der Waals surface area contributed by atoms with Crippen molar-refractivity contribution >= 4 is 11.6 Å². The summed E-state index contributed by atoms with van der Waals surface area (Å²) in [6.07, 6.45) is 4.62. The Balaban J connectivity index is 2.14. The summed E-state index contributed by atoms with van der Waals surface area (Å²) in [7, 11) is 0. The lowest BCUT2D eigenvalue weighted by Crippen LogP contribution is -2.16. The summed E-state index contributed by atoms with van der Waals surface area (Å²) in [5, 5.41) is 6.92. The molecule has 2 rings (SSSR count). The van der Waals surface area contributed by atoms with E-state index in [9.17, 15) is 0 Å². The number of aryl methyl sites for hydroxylation is 1. The molecule has 1 fully saturated rings. The van der Waals surface area contributed by atoms with E-state index >= 15 is 0 Å². The standard InChI is InChI=1S/C15H26N4/c1-5-9-16-13-11(3)14(19-12(6-2)18-13)17-10-15(4)7-8-15/h5-10H2,1-4H3,(H2,16,17,18,19). The molecule has 4 nitrogen and oxygen atoms in total. The van der Waals surface area contributed by atoms with Gasteiger partial charge in [-0.1, -0.05) is 20.8 Å². The predicted molar refractivity (Wildman–Crippen MR) is 80.8 cm³/mol. The molecule has 0 unspecified atom stereocenters. The number of aromatic nitrogens is 2. The van der Waals surface area contributed by atoms with Crippen LogP contribution in [0.15, 0.2) is 0 Å². The van der Waals surface area contributed by atoms with Crippen LogP contribution < -0.4 is 10.6 Å². The molecule has 19 heavy (non-hydrogen) atoms. The van der Waals surface area contributed by atoms with Gasteiger partial charge >= 0.3 is 0 Å². The largest absolute Gasteiger partial charge is 0.370 e. The molecule has 0 bridgehead atoms. The number of nitrogens with zero attached hydrogens (tertiary/aromatic N) is 2. The summed E-state index contributed by atoms with van der Waals surface area (Å²) in [5.41, 5.74) is 1.62. The maximum absolute atomic E-state index is 4.63. The second-order valence-corrected chi connectivity index (χ2v) is 5.91. The Morgan fingerprint density at radius 3 is 2.26 bits per heavy atom. The minimum Gasteiger partial charge on any atom is -0.370 e. The Labute approximate surface area is 116 Å². The molecule has 0 aromatic carbocycles. The predicted octanol–water partition coefficient (Wildman–Crippen LogP) is 3.38. The van der Waals surface area contributed by atoms with E-state index in [1.54, 1.807) is 0 Å². The molecule has 0 spiro atoms. The van der Waals surface area contributed by atoms with Gasteiger partial charge in [0.05, 0.1) is 0 Å². The van der Waals surface area contributed by atoms with Gasteiger partial charge in [-0.25, -0.2) is 9.97 Å². The highest BCUT2D eigenvalue weighted by Gasteiger charge is 2.37. The van der Waals surface area contributed by atoms with Gasteiger partial charge < -0.3 is 10.6 Å². The fraction of sp³-hybridized carbons (Fsp3) is 0.733. The topological polar surface area (TPSA) is 49.8 Å². The lowest BCUT2D eigenvalue weighted by Gasteiger charge is -2.16. The van der Waals surface area contributed by atoms with E-state index in [0.29, 0.717) is 5.41 Å². The van der Waals surface area contributed by atoms with Gasteiger partial charge in [0.25, 0.3) is 0 Å². The van der Waals surface area contributed by atoms with Crippen LogP contribution >= 0.6 is 0 Å². The van der Waals surface area contributed by atoms with Crippen molar-refractivity contribution in [3.05, 3.63) is 11.4 Å². The SMILES string of the molecule is CCCNc1nc(CC)nc(NCC2(C)CC2)c1C. The third kappa shape index (κ3) is 3.58. The van der Waals surface area contributed by atoms with Crippen LogP contribution in [0.3, 0.4) is 0 Å². The van der Waals surface area contributed by atoms with Crippen LogP contribution in [-0.4, -0.2) is 23.1 Å². The van der Waals surface area contributed by atoms with E-state index in [1.807, 2.05) is 0 Å². The van der Waals surface area contributed by atoms with Gasteiger partial charge in [-0.15, -0.1) is 0 Å². The van der Waals surface area contributed by atoms with Crippen LogP contribution in [0.5, 0.6) is 0 Å². The van der Waals surface area contributed by atoms with E-state index in [-0.39, 0.29) is 0 Å². The van der Waals surface area contributed by atoms with Gasteiger partial charge in [-0.2, -0.15) is 0 Å². The van der Waals surface area contributed by atoms with E-state index in [1.165, 1.54) is 12.8 Å². The van der Waals surface area contributed by atoms with Crippen molar-refractivity contribution in [1.82, 2.24) is 9.97 Å². The van der Waals surface area contributed by atoms with Crippen molar-refractivity contribution < 1.29 is 0 Å². The molecule has 1 aromatic heterocycles. The minimum atomic E-state index is 0.487. The van der Waals surface area contributed by atoms with Crippen LogP contribution in [-0.2, 0) is 6.42 Å². The lowest BCUT2D eigenvalue weighted by atomic mass is 10.1. The average molecular weight is 262 g/mol. The zero-order valence-electron chi connectivity index (χ0n) is 12.6. The molecular formula is C15H26N4. The molecule has 4 heteroatoms. The molecule has 0 atom stereocenters. The fourth-order valence-electron chi connectivity index (χ4n) is 2.00. The van der Waals surface area contributed by atoms with Gasteiger partial charge in [0.1, 0.15) is 17.5 Å². The van der Waals surface area contributed by atoms with Crippen molar-refractivity contribution in [2.45, 2.75) is 53.4 Å². The van der Waals surface area contributed by atoms with Crippen molar-refractivity contribution in [1.29, 1.82) is 0 Å². The van der Waals surface area contributed by atoms with Gasteiger partial charge in [-0.05, 0) is 31.6 Å². The molecule has 0 aliphatic heterocycles. The Morgan fingerprint density at radius 1 is 1.11 bits per heavy atom. The van der Waals surface area contributed by atoms with Crippen molar-refractivity contribution in [2.75, 3.05) is 23.7 Å². The second-order valence-electron chi connectivity index (χ2n) is 5.91. The number of nitrogens with one attached hydrogen (secondary N) is 2. The van der Waals surface area contributed by atoms with E-state index in [4.69, 9.17) is 0 Å². The number of hydrogen-bond acceptors (Lipinski definition) is 4. The Kier molecular flexibility index (Phi) is 4.27. The first kappa shape index (κ1) is 14.1. The van der Waals surface area contributed by atoms with Crippen LogP contribution in [0.1, 0.15) is 51.4 Å². The molecule has 0 amide bonds. The number of anilines is 2. The second kappa shape index (κ2) is 5.76. The van der Waals surface area contributed by atoms with Gasteiger partial charge in [0.2, 0.25) is 0 Å². The fourth-order valence-corrected chi connectivity index (χ4v) is 2.00. The first-order chi connectivity index (χ1) is 9.08. The highest BCUT2D eigenvalue weighted by atomic mass is 15.1. The molecule has 0 saturated heterocycles. The third-order valence-corrected chi connectivity index (χ3v) is 3.84. The third-order valence-electron chi connectivity index (χ3n) is 3.84. The van der Waals surface area contributed by atoms with Crippen LogP contribution in [0, 0.1) is 12.3 Å². The minimum absolute atomic E-state index is 0.487. The molecule has 2 N–H and O–H groups in total. The Morgan fingerprint density at radius 2 is 1.74 bits per heavy atom. The van der Waals surface area contributed by atoms with Crippen LogP contribution in [0.2, 0.25) is 0 Å². The summed E-state index contributed by atoms with van der Waals surface area (Å²) in [6.45, 7) is 10.7. The lowest BCUT2D eigenvalue weighted by molar-refractivity contribution is 0.608. The summed E-state index contributed by atoms with van der Waals surface area (Å²) in [6, 6.07) is 0. The molecule has 1 saturated carbocycles. The first-order valence-corrected chi connectivity index (χ1v) is 7.43. The van der Waals surface area contributed by atoms with Gasteiger partial charge in [0, 0.05) is 25.1 Å². The highest BCUT2D eigenvalue weighted by molar-refractivity contribution is 5.57. The van der Waals surface area contributed by atoms with Gasteiger partial charge in [0.15, 0.2) is 0 Å². The summed E-state index contributed by atoms with van der Waals surface area (Å²) < 4.78 is 0. The van der Waals surface area contributed by atoms with Gasteiger partial charge in [-0.3, -0.25) is 0 Å². The zero-order chi connectivity index (χ0) is 13.9. The van der Waals surface area contributed by atoms with Crippen molar-refractivity contribution in [2.24, 2.45) is 5.41 Å². The molecule has 1 heterocycles. The zero-order valence-corrected chi connectivity index (χ0v) is 12.6. The van der Waals surface area contributed by atoms with E-state index in [0.717, 1.165) is 49.0 Å². The number of hydrogen-bond donors (Lipinski definition) is 2. The molecule has 1 aromatic rings. The summed E-state index contributed by atoms with van der Waals surface area (Å²) in [5.74, 6) is 2.89. The average Bonchev–Trinajstić information content (AvgIpc) is 3.14. The normalized spacial score (nSPS) is 16.2. The van der Waals surface area contributed by atoms with Crippen LogP contribution in [0.25, 0.3) is 0 Å². The van der Waals surface area contributed by atoms with E-state index < -0.39 is 0 Å². The van der Waals surface area contributed by atoms with E-state index in [2.05, 4.69) is 48.3 Å². The van der Waals surface area contributed by atoms with Crippen LogP contribution in [0.4, 0.5) is 11.6 Å². The Hall–Kier alpha value is -1.32. The molecular weight excluding hydrogens is 236 g/mol. The summed E-state index contributed by atoms with van der Waals surface area (Å²) >= 11 is 0. The maximum Gasteiger partial charge on any atom is 0.134 e. The quantitative estimate of drug-likeness (QED) is 0.791. The molecule has 0 radical (unpaired) electrons. The van der Waals surface area contributed by atoms with Crippen molar-refractivity contribution in [3.8, 4) is 0 Å². The maximum atomic E-state index is 4.63. The van der Waals surface area contributed by atoms with Crippen molar-refractivity contribution in [3.63, 3.8) is 0 Å². The molecule has 1 aliphatic carbocycles. The highest BCUT2D eigenvalue weighted by Crippen LogP contribution is 2.44. The smallest absolute Gasteiger partial charge is 0.134 e. The molecule has 106 valence electrons.